The van der Waals surface area contributed by atoms with Gasteiger partial charge < -0.3 is 10.2 Å². The van der Waals surface area contributed by atoms with Crippen molar-refractivity contribution in [3.63, 3.8) is 0 Å². The normalized spacial score (nSPS) is 25.5. The van der Waals surface area contributed by atoms with Crippen LogP contribution >= 0.6 is 0 Å². The highest BCUT2D eigenvalue weighted by Crippen LogP contribution is 2.28. The van der Waals surface area contributed by atoms with Gasteiger partial charge in [0.05, 0.1) is 5.56 Å². The first-order valence-corrected chi connectivity index (χ1v) is 9.40. The van der Waals surface area contributed by atoms with E-state index in [-0.39, 0.29) is 5.91 Å². The zero-order chi connectivity index (χ0) is 16.9. The van der Waals surface area contributed by atoms with E-state index in [2.05, 4.69) is 27.0 Å². The van der Waals surface area contributed by atoms with Crippen molar-refractivity contribution in [3.8, 4) is 0 Å². The molecule has 0 spiro atoms. The molecule has 1 aliphatic carbocycles. The lowest BCUT2D eigenvalue weighted by atomic mass is 9.86. The smallest absolute Gasteiger partial charge is 0.252 e. The summed E-state index contributed by atoms with van der Waals surface area (Å²) in [6.45, 7) is 9.25. The van der Waals surface area contributed by atoms with Gasteiger partial charge in [0, 0.05) is 45.0 Å². The fourth-order valence-electron chi connectivity index (χ4n) is 3.89. The van der Waals surface area contributed by atoms with Crippen LogP contribution in [0.4, 0.5) is 5.82 Å². The van der Waals surface area contributed by atoms with E-state index in [0.29, 0.717) is 12.1 Å². The van der Waals surface area contributed by atoms with Crippen LogP contribution in [0, 0.1) is 5.92 Å². The van der Waals surface area contributed by atoms with E-state index in [9.17, 15) is 4.79 Å². The minimum Gasteiger partial charge on any atom is -0.354 e. The van der Waals surface area contributed by atoms with Gasteiger partial charge in [-0.15, -0.1) is 0 Å². The summed E-state index contributed by atoms with van der Waals surface area (Å²) in [4.78, 5) is 21.3. The molecule has 1 aromatic heterocycles. The molecule has 0 atom stereocenters. The van der Waals surface area contributed by atoms with Gasteiger partial charge in [-0.25, -0.2) is 4.98 Å². The van der Waals surface area contributed by atoms with Crippen molar-refractivity contribution in [2.75, 3.05) is 37.6 Å². The lowest BCUT2D eigenvalue weighted by Crippen LogP contribution is -2.51. The summed E-state index contributed by atoms with van der Waals surface area (Å²) in [5.74, 6) is 1.85. The Kier molecular flexibility index (Phi) is 5.72. The zero-order valence-corrected chi connectivity index (χ0v) is 15.0. The van der Waals surface area contributed by atoms with Crippen LogP contribution < -0.4 is 10.2 Å². The van der Waals surface area contributed by atoms with E-state index >= 15 is 0 Å². The number of pyridine rings is 1. The summed E-state index contributed by atoms with van der Waals surface area (Å²) < 4.78 is 0. The first-order valence-electron chi connectivity index (χ1n) is 9.40. The molecule has 1 saturated carbocycles. The molecule has 0 aromatic carbocycles. The molecule has 1 amide bonds. The van der Waals surface area contributed by atoms with Gasteiger partial charge in [-0.05, 0) is 50.7 Å². The Bertz CT molecular complexity index is 529. The maximum atomic E-state index is 11.8. The Morgan fingerprint density at radius 2 is 1.88 bits per heavy atom. The average molecular weight is 330 g/mol. The molecule has 5 nitrogen and oxygen atoms in total. The average Bonchev–Trinajstić information content (AvgIpc) is 2.63. The fourth-order valence-corrected chi connectivity index (χ4v) is 3.89. The third-order valence-corrected chi connectivity index (χ3v) is 5.49. The minimum absolute atomic E-state index is 0.0482. The minimum atomic E-state index is -0.0482. The van der Waals surface area contributed by atoms with Crippen molar-refractivity contribution < 1.29 is 4.79 Å². The van der Waals surface area contributed by atoms with Crippen molar-refractivity contribution in [2.45, 2.75) is 45.6 Å². The molecule has 0 radical (unpaired) electrons. The SMILES string of the molecule is CCNC(=O)c1ccc(N2CCN(C3CCC(C)CC3)CC2)nc1. The Balaban J connectivity index is 1.52. The van der Waals surface area contributed by atoms with Gasteiger partial charge >= 0.3 is 0 Å². The van der Waals surface area contributed by atoms with Gasteiger partial charge in [-0.3, -0.25) is 9.69 Å². The summed E-state index contributed by atoms with van der Waals surface area (Å²) in [6.07, 6.45) is 7.18. The standard InChI is InChI=1S/C19H30N4O/c1-3-20-19(24)16-6-9-18(21-14-16)23-12-10-22(11-13-23)17-7-4-15(2)5-8-17/h6,9,14-15,17H,3-5,7-8,10-13H2,1-2H3,(H,20,24). The maximum Gasteiger partial charge on any atom is 0.252 e. The number of anilines is 1. The summed E-state index contributed by atoms with van der Waals surface area (Å²) >= 11 is 0. The van der Waals surface area contributed by atoms with Gasteiger partial charge in [-0.1, -0.05) is 6.92 Å². The van der Waals surface area contributed by atoms with Crippen LogP contribution in [-0.2, 0) is 0 Å². The van der Waals surface area contributed by atoms with Crippen LogP contribution in [0.5, 0.6) is 0 Å². The van der Waals surface area contributed by atoms with Crippen molar-refractivity contribution in [2.24, 2.45) is 5.92 Å². The Morgan fingerprint density at radius 1 is 1.17 bits per heavy atom. The molecule has 132 valence electrons. The van der Waals surface area contributed by atoms with Crippen LogP contribution in [0.2, 0.25) is 0 Å². The largest absolute Gasteiger partial charge is 0.354 e. The lowest BCUT2D eigenvalue weighted by molar-refractivity contribution is 0.0955. The summed E-state index contributed by atoms with van der Waals surface area (Å²) in [5.41, 5.74) is 0.635. The Hall–Kier alpha value is -1.62. The summed E-state index contributed by atoms with van der Waals surface area (Å²) in [5, 5.41) is 2.81. The number of piperazine rings is 1. The van der Waals surface area contributed by atoms with Crippen LogP contribution in [0.15, 0.2) is 18.3 Å². The number of aromatic nitrogens is 1. The third-order valence-electron chi connectivity index (χ3n) is 5.49. The predicted octanol–water partition coefficient (Wildman–Crippen LogP) is 2.53. The molecule has 1 saturated heterocycles. The maximum absolute atomic E-state index is 11.8. The van der Waals surface area contributed by atoms with Gasteiger partial charge in [-0.2, -0.15) is 0 Å². The molecule has 2 fully saturated rings. The van der Waals surface area contributed by atoms with E-state index in [4.69, 9.17) is 0 Å². The van der Waals surface area contributed by atoms with E-state index in [1.807, 2.05) is 19.1 Å². The molecular formula is C19H30N4O. The fraction of sp³-hybridized carbons (Fsp3) is 0.684. The van der Waals surface area contributed by atoms with Crippen molar-refractivity contribution in [3.05, 3.63) is 23.9 Å². The van der Waals surface area contributed by atoms with Crippen LogP contribution in [0.1, 0.15) is 49.9 Å². The highest BCUT2D eigenvalue weighted by atomic mass is 16.1. The second-order valence-corrected chi connectivity index (χ2v) is 7.20. The molecule has 24 heavy (non-hydrogen) atoms. The number of nitrogens with one attached hydrogen (secondary N) is 1. The zero-order valence-electron chi connectivity index (χ0n) is 15.0. The van der Waals surface area contributed by atoms with Crippen molar-refractivity contribution >= 4 is 11.7 Å². The van der Waals surface area contributed by atoms with Gasteiger partial charge in [0.25, 0.3) is 5.91 Å². The molecule has 3 rings (SSSR count). The predicted molar refractivity (Wildman–Crippen MR) is 97.5 cm³/mol. The number of rotatable bonds is 4. The Morgan fingerprint density at radius 3 is 2.46 bits per heavy atom. The lowest BCUT2D eigenvalue weighted by Gasteiger charge is -2.42. The monoisotopic (exact) mass is 330 g/mol. The quantitative estimate of drug-likeness (QED) is 0.922. The molecule has 1 N–H and O–H groups in total. The first kappa shape index (κ1) is 17.2. The molecule has 1 aromatic rings. The number of amides is 1. The number of carbonyl (C=O) groups is 1. The van der Waals surface area contributed by atoms with Crippen LogP contribution in [0.3, 0.4) is 0 Å². The van der Waals surface area contributed by atoms with Crippen LogP contribution in [0.25, 0.3) is 0 Å². The topological polar surface area (TPSA) is 48.5 Å². The number of hydrogen-bond donors (Lipinski definition) is 1. The molecule has 0 bridgehead atoms. The number of carbonyl (C=O) groups excluding carboxylic acids is 1. The Labute approximate surface area is 145 Å². The van der Waals surface area contributed by atoms with Gasteiger partial charge in [0.15, 0.2) is 0 Å². The van der Waals surface area contributed by atoms with E-state index in [0.717, 1.165) is 44.0 Å². The number of hydrogen-bond acceptors (Lipinski definition) is 4. The van der Waals surface area contributed by atoms with Crippen LogP contribution in [-0.4, -0.2) is 54.6 Å². The highest BCUT2D eigenvalue weighted by molar-refractivity contribution is 5.93. The van der Waals surface area contributed by atoms with E-state index in [1.165, 1.54) is 25.7 Å². The summed E-state index contributed by atoms with van der Waals surface area (Å²) in [6, 6.07) is 4.64. The molecule has 0 unspecified atom stereocenters. The highest BCUT2D eigenvalue weighted by Gasteiger charge is 2.27. The number of nitrogens with zero attached hydrogens (tertiary/aromatic N) is 3. The van der Waals surface area contributed by atoms with E-state index in [1.54, 1.807) is 6.20 Å². The first-order chi connectivity index (χ1) is 11.7. The summed E-state index contributed by atoms with van der Waals surface area (Å²) in [7, 11) is 0. The van der Waals surface area contributed by atoms with Gasteiger partial charge in [0.1, 0.15) is 5.82 Å². The van der Waals surface area contributed by atoms with Gasteiger partial charge in [0.2, 0.25) is 0 Å². The second-order valence-electron chi connectivity index (χ2n) is 7.20. The van der Waals surface area contributed by atoms with Crippen molar-refractivity contribution in [1.29, 1.82) is 0 Å². The molecule has 5 heteroatoms. The van der Waals surface area contributed by atoms with Crippen molar-refractivity contribution in [1.82, 2.24) is 15.2 Å². The second kappa shape index (κ2) is 7.97. The van der Waals surface area contributed by atoms with E-state index < -0.39 is 0 Å². The third kappa shape index (κ3) is 4.07. The molecular weight excluding hydrogens is 300 g/mol. The molecule has 1 aliphatic heterocycles. The molecule has 2 aliphatic rings. The molecule has 2 heterocycles.